The van der Waals surface area contributed by atoms with Gasteiger partial charge in [0.25, 0.3) is 5.91 Å². The first-order chi connectivity index (χ1) is 10.5. The number of rotatable bonds is 5. The summed E-state index contributed by atoms with van der Waals surface area (Å²) in [6.45, 7) is 5.72. The molecule has 0 unspecified atom stereocenters. The van der Waals surface area contributed by atoms with E-state index in [1.165, 1.54) is 6.07 Å². The number of halogens is 2. The van der Waals surface area contributed by atoms with Gasteiger partial charge in [-0.3, -0.25) is 4.79 Å². The summed E-state index contributed by atoms with van der Waals surface area (Å²) in [6.07, 6.45) is 0. The predicted octanol–water partition coefficient (Wildman–Crippen LogP) is 4.03. The van der Waals surface area contributed by atoms with Gasteiger partial charge < -0.3 is 10.6 Å². The van der Waals surface area contributed by atoms with Gasteiger partial charge in [-0.25, -0.2) is 4.39 Å². The lowest BCUT2D eigenvalue weighted by molar-refractivity contribution is -0.117. The van der Waals surface area contributed by atoms with Gasteiger partial charge in [-0.2, -0.15) is 0 Å². The molecule has 22 heavy (non-hydrogen) atoms. The number of nitrogens with one attached hydrogen (secondary N) is 2. The number of carbonyl (C=O) groups excluding carboxylic acids is 1. The molecule has 0 heterocycles. The standard InChI is InChI=1S/C17H16ClFN2O/c1-11-8-14(18)9-15(19)16(11)21-12(2)17(22)20-10-13-6-4-3-5-7-13/h3-9,21H,2,10H2,1H3,(H,20,22). The number of carbonyl (C=O) groups is 1. The number of benzene rings is 2. The molecule has 5 heteroatoms. The third-order valence-corrected chi connectivity index (χ3v) is 3.32. The number of anilines is 1. The first kappa shape index (κ1) is 16.0. The fourth-order valence-electron chi connectivity index (χ4n) is 1.95. The number of hydrogen-bond acceptors (Lipinski definition) is 2. The van der Waals surface area contributed by atoms with Crippen molar-refractivity contribution in [3.05, 3.63) is 76.7 Å². The van der Waals surface area contributed by atoms with E-state index in [4.69, 9.17) is 11.6 Å². The Morgan fingerprint density at radius 2 is 1.95 bits per heavy atom. The van der Waals surface area contributed by atoms with E-state index in [-0.39, 0.29) is 11.4 Å². The Labute approximate surface area is 133 Å². The van der Waals surface area contributed by atoms with Crippen molar-refractivity contribution < 1.29 is 9.18 Å². The Morgan fingerprint density at radius 3 is 2.59 bits per heavy atom. The van der Waals surface area contributed by atoms with Crippen molar-refractivity contribution in [2.24, 2.45) is 0 Å². The van der Waals surface area contributed by atoms with E-state index in [1.54, 1.807) is 13.0 Å². The molecule has 0 aliphatic carbocycles. The Morgan fingerprint density at radius 1 is 1.27 bits per heavy atom. The Bertz CT molecular complexity index is 678. The van der Waals surface area contributed by atoms with Crippen molar-refractivity contribution in [3.63, 3.8) is 0 Å². The molecular formula is C17H16ClFN2O. The van der Waals surface area contributed by atoms with E-state index in [0.717, 1.165) is 5.56 Å². The van der Waals surface area contributed by atoms with Crippen molar-refractivity contribution >= 4 is 23.2 Å². The first-order valence-electron chi connectivity index (χ1n) is 6.71. The van der Waals surface area contributed by atoms with Gasteiger partial charge in [-0.15, -0.1) is 0 Å². The van der Waals surface area contributed by atoms with Crippen molar-refractivity contribution in [1.29, 1.82) is 0 Å². The highest BCUT2D eigenvalue weighted by Gasteiger charge is 2.12. The highest BCUT2D eigenvalue weighted by Crippen LogP contribution is 2.25. The zero-order chi connectivity index (χ0) is 16.1. The van der Waals surface area contributed by atoms with Gasteiger partial charge in [0.1, 0.15) is 5.82 Å². The molecular weight excluding hydrogens is 303 g/mol. The summed E-state index contributed by atoms with van der Waals surface area (Å²) in [5.74, 6) is -0.917. The average Bonchev–Trinajstić information content (AvgIpc) is 2.49. The van der Waals surface area contributed by atoms with E-state index >= 15 is 0 Å². The van der Waals surface area contributed by atoms with Crippen LogP contribution in [0, 0.1) is 12.7 Å². The lowest BCUT2D eigenvalue weighted by atomic mass is 10.2. The van der Waals surface area contributed by atoms with Gasteiger partial charge in [0.15, 0.2) is 0 Å². The molecule has 2 aromatic rings. The number of aryl methyl sites for hydroxylation is 1. The van der Waals surface area contributed by atoms with Crippen molar-refractivity contribution in [3.8, 4) is 0 Å². The minimum atomic E-state index is -0.526. The molecule has 0 bridgehead atoms. The van der Waals surface area contributed by atoms with E-state index in [1.807, 2.05) is 30.3 Å². The Hall–Kier alpha value is -2.33. The van der Waals surface area contributed by atoms with Crippen LogP contribution < -0.4 is 10.6 Å². The predicted molar refractivity (Wildman–Crippen MR) is 87.2 cm³/mol. The van der Waals surface area contributed by atoms with E-state index in [2.05, 4.69) is 17.2 Å². The second kappa shape index (κ2) is 7.09. The normalized spacial score (nSPS) is 10.1. The minimum absolute atomic E-state index is 0.0697. The summed E-state index contributed by atoms with van der Waals surface area (Å²) in [6, 6.07) is 12.3. The lowest BCUT2D eigenvalue weighted by Gasteiger charge is -2.13. The largest absolute Gasteiger partial charge is 0.349 e. The molecule has 0 aliphatic heterocycles. The van der Waals surface area contributed by atoms with E-state index in [0.29, 0.717) is 17.1 Å². The highest BCUT2D eigenvalue weighted by molar-refractivity contribution is 6.30. The molecule has 0 spiro atoms. The van der Waals surface area contributed by atoms with E-state index < -0.39 is 11.7 Å². The van der Waals surface area contributed by atoms with Crippen LogP contribution in [0.4, 0.5) is 10.1 Å². The summed E-state index contributed by atoms with van der Waals surface area (Å²) in [4.78, 5) is 12.0. The highest BCUT2D eigenvalue weighted by atomic mass is 35.5. The van der Waals surface area contributed by atoms with Gasteiger partial charge in [0.05, 0.1) is 11.4 Å². The van der Waals surface area contributed by atoms with E-state index in [9.17, 15) is 9.18 Å². The molecule has 0 aliphatic rings. The maximum Gasteiger partial charge on any atom is 0.267 e. The molecule has 114 valence electrons. The smallest absolute Gasteiger partial charge is 0.267 e. The molecule has 3 nitrogen and oxygen atoms in total. The first-order valence-corrected chi connectivity index (χ1v) is 7.09. The fourth-order valence-corrected chi connectivity index (χ4v) is 2.21. The van der Waals surface area contributed by atoms with Crippen LogP contribution in [0.5, 0.6) is 0 Å². The van der Waals surface area contributed by atoms with Crippen LogP contribution in [-0.2, 0) is 11.3 Å². The number of hydrogen-bond donors (Lipinski definition) is 2. The van der Waals surface area contributed by atoms with Gasteiger partial charge in [0.2, 0.25) is 0 Å². The molecule has 0 fully saturated rings. The molecule has 2 aromatic carbocycles. The molecule has 0 saturated heterocycles. The Balaban J connectivity index is 1.99. The van der Waals surface area contributed by atoms with Crippen LogP contribution in [0.15, 0.2) is 54.7 Å². The van der Waals surface area contributed by atoms with Crippen molar-refractivity contribution in [2.75, 3.05) is 5.32 Å². The SMILES string of the molecule is C=C(Nc1c(C)cc(Cl)cc1F)C(=O)NCc1ccccc1. The van der Waals surface area contributed by atoms with Crippen LogP contribution in [0.25, 0.3) is 0 Å². The maximum atomic E-state index is 13.9. The third-order valence-electron chi connectivity index (χ3n) is 3.10. The average molecular weight is 319 g/mol. The van der Waals surface area contributed by atoms with Crippen LogP contribution in [0.3, 0.4) is 0 Å². The summed E-state index contributed by atoms with van der Waals surface area (Å²) in [7, 11) is 0. The summed E-state index contributed by atoms with van der Waals surface area (Å²) in [5.41, 5.74) is 1.84. The minimum Gasteiger partial charge on any atom is -0.349 e. The molecule has 0 saturated carbocycles. The Kier molecular flexibility index (Phi) is 5.17. The van der Waals surface area contributed by atoms with Gasteiger partial charge in [-0.1, -0.05) is 48.5 Å². The summed E-state index contributed by atoms with van der Waals surface area (Å²) < 4.78 is 13.9. The second-order valence-corrected chi connectivity index (χ2v) is 5.29. The summed E-state index contributed by atoms with van der Waals surface area (Å²) in [5, 5.41) is 5.73. The molecule has 1 amide bonds. The molecule has 0 atom stereocenters. The molecule has 0 radical (unpaired) electrons. The second-order valence-electron chi connectivity index (χ2n) is 4.85. The third kappa shape index (κ3) is 4.09. The van der Waals surface area contributed by atoms with Crippen molar-refractivity contribution in [2.45, 2.75) is 13.5 Å². The monoisotopic (exact) mass is 318 g/mol. The van der Waals surface area contributed by atoms with Crippen LogP contribution in [0.2, 0.25) is 5.02 Å². The van der Waals surface area contributed by atoms with Gasteiger partial charge in [0, 0.05) is 11.6 Å². The van der Waals surface area contributed by atoms with Crippen LogP contribution >= 0.6 is 11.6 Å². The molecule has 0 aromatic heterocycles. The zero-order valence-corrected chi connectivity index (χ0v) is 12.9. The van der Waals surface area contributed by atoms with Crippen molar-refractivity contribution in [1.82, 2.24) is 5.32 Å². The lowest BCUT2D eigenvalue weighted by Crippen LogP contribution is -2.27. The zero-order valence-electron chi connectivity index (χ0n) is 12.1. The molecule has 2 N–H and O–H groups in total. The van der Waals surface area contributed by atoms with Crippen LogP contribution in [-0.4, -0.2) is 5.91 Å². The molecule has 2 rings (SSSR count). The van der Waals surface area contributed by atoms with Gasteiger partial charge in [-0.05, 0) is 30.2 Å². The quantitative estimate of drug-likeness (QED) is 0.817. The van der Waals surface area contributed by atoms with Crippen LogP contribution in [0.1, 0.15) is 11.1 Å². The number of amides is 1. The summed E-state index contributed by atoms with van der Waals surface area (Å²) >= 11 is 5.77. The fraction of sp³-hybridized carbons (Fsp3) is 0.118. The maximum absolute atomic E-state index is 13.9. The van der Waals surface area contributed by atoms with Gasteiger partial charge >= 0.3 is 0 Å². The topological polar surface area (TPSA) is 41.1 Å².